The summed E-state index contributed by atoms with van der Waals surface area (Å²) >= 11 is 0. The molecular weight excluding hydrogens is 316 g/mol. The van der Waals surface area contributed by atoms with E-state index in [0.717, 1.165) is 32.3 Å². The molecule has 4 heteroatoms. The number of hydrogen-bond donors (Lipinski definition) is 1. The maximum absolute atomic E-state index is 11.8. The summed E-state index contributed by atoms with van der Waals surface area (Å²) < 4.78 is 5.02. The maximum Gasteiger partial charge on any atom is 0.335 e. The van der Waals surface area contributed by atoms with Crippen LogP contribution < -0.4 is 0 Å². The summed E-state index contributed by atoms with van der Waals surface area (Å²) in [5.41, 5.74) is 0.883. The van der Waals surface area contributed by atoms with Crippen LogP contribution in [-0.4, -0.2) is 30.6 Å². The summed E-state index contributed by atoms with van der Waals surface area (Å²) in [5, 5.41) is 8.94. The molecule has 0 unspecified atom stereocenters. The molecule has 0 fully saturated rings. The Morgan fingerprint density at radius 3 is 2.40 bits per heavy atom. The molecule has 0 aliphatic rings. The molecule has 0 heterocycles. The van der Waals surface area contributed by atoms with Gasteiger partial charge in [-0.1, -0.05) is 50.2 Å². The lowest BCUT2D eigenvalue weighted by molar-refractivity contribution is -0.113. The normalized spacial score (nSPS) is 10.1. The second kappa shape index (κ2) is 13.2. The molecule has 0 aliphatic carbocycles. The molecule has 136 valence electrons. The van der Waals surface area contributed by atoms with E-state index in [1.54, 1.807) is 19.2 Å². The molecule has 0 atom stereocenters. The average molecular weight is 344 g/mol. The summed E-state index contributed by atoms with van der Waals surface area (Å²) in [7, 11) is 1.74. The molecule has 4 nitrogen and oxygen atoms in total. The molecule has 0 aromatic heterocycles. The number of ether oxygens (including phenoxy) is 1. The van der Waals surface area contributed by atoms with Crippen molar-refractivity contribution in [2.45, 2.75) is 57.8 Å². The van der Waals surface area contributed by atoms with Crippen LogP contribution in [0.2, 0.25) is 0 Å². The van der Waals surface area contributed by atoms with Gasteiger partial charge < -0.3 is 9.84 Å². The van der Waals surface area contributed by atoms with Gasteiger partial charge in [0.1, 0.15) is 0 Å². The summed E-state index contributed by atoms with van der Waals surface area (Å²) in [5.74, 6) is 4.43. The number of methoxy groups -OCH3 is 1. The van der Waals surface area contributed by atoms with E-state index >= 15 is 0 Å². The number of carboxylic acids is 1. The zero-order valence-corrected chi connectivity index (χ0v) is 15.1. The lowest BCUT2D eigenvalue weighted by Crippen LogP contribution is -2.02. The van der Waals surface area contributed by atoms with Gasteiger partial charge >= 0.3 is 5.97 Å². The Kier molecular flexibility index (Phi) is 11.0. The van der Waals surface area contributed by atoms with Crippen molar-refractivity contribution in [3.8, 4) is 11.8 Å². The Labute approximate surface area is 150 Å². The highest BCUT2D eigenvalue weighted by Gasteiger charge is 2.05. The monoisotopic (exact) mass is 344 g/mol. The van der Waals surface area contributed by atoms with E-state index in [9.17, 15) is 9.59 Å². The average Bonchev–Trinajstić information content (AvgIpc) is 2.60. The zero-order valence-electron chi connectivity index (χ0n) is 15.1. The predicted molar refractivity (Wildman–Crippen MR) is 98.7 cm³/mol. The number of benzene rings is 1. The van der Waals surface area contributed by atoms with Crippen molar-refractivity contribution in [2.24, 2.45) is 0 Å². The summed E-state index contributed by atoms with van der Waals surface area (Å²) in [6, 6.07) is 6.43. The van der Waals surface area contributed by atoms with Gasteiger partial charge in [-0.2, -0.15) is 0 Å². The third-order valence-electron chi connectivity index (χ3n) is 3.92. The van der Waals surface area contributed by atoms with Crippen LogP contribution in [0.4, 0.5) is 0 Å². The first-order valence-corrected chi connectivity index (χ1v) is 8.96. The second-order valence-electron chi connectivity index (χ2n) is 6.12. The first-order valence-electron chi connectivity index (χ1n) is 8.96. The molecule has 0 aliphatic heterocycles. The SMILES string of the molecule is COCCCCCCCCCC#CC(=O)Cc1cccc(C(=O)O)c1. The Hall–Kier alpha value is -2.12. The minimum atomic E-state index is -0.987. The molecule has 0 radical (unpaired) electrons. The van der Waals surface area contributed by atoms with Crippen LogP contribution in [0.3, 0.4) is 0 Å². The number of hydrogen-bond acceptors (Lipinski definition) is 3. The topological polar surface area (TPSA) is 63.6 Å². The van der Waals surface area contributed by atoms with Crippen LogP contribution in [-0.2, 0) is 16.0 Å². The van der Waals surface area contributed by atoms with E-state index in [-0.39, 0.29) is 17.8 Å². The van der Waals surface area contributed by atoms with Gasteiger partial charge in [0.05, 0.1) is 5.56 Å². The Bertz CT molecular complexity index is 595. The van der Waals surface area contributed by atoms with Crippen LogP contribution in [0.15, 0.2) is 24.3 Å². The minimum absolute atomic E-state index is 0.162. The standard InChI is InChI=1S/C21H28O4/c1-25-15-10-8-6-4-2-3-5-7-9-14-20(22)17-18-12-11-13-19(16-18)21(23)24/h11-13,16H,2-8,10,15,17H2,1H3,(H,23,24). The highest BCUT2D eigenvalue weighted by atomic mass is 16.5. The van der Waals surface area contributed by atoms with Crippen LogP contribution in [0.5, 0.6) is 0 Å². The van der Waals surface area contributed by atoms with Gasteiger partial charge in [-0.15, -0.1) is 0 Å². The van der Waals surface area contributed by atoms with Crippen molar-refractivity contribution in [2.75, 3.05) is 13.7 Å². The quantitative estimate of drug-likeness (QED) is 0.349. The van der Waals surface area contributed by atoms with E-state index in [1.807, 2.05) is 0 Å². The van der Waals surface area contributed by atoms with Gasteiger partial charge in [-0.3, -0.25) is 4.79 Å². The molecule has 0 bridgehead atoms. The molecule has 1 rings (SSSR count). The third kappa shape index (κ3) is 10.4. The van der Waals surface area contributed by atoms with Crippen LogP contribution in [0.25, 0.3) is 0 Å². The van der Waals surface area contributed by atoms with Crippen LogP contribution >= 0.6 is 0 Å². The lowest BCUT2D eigenvalue weighted by Gasteiger charge is -2.00. The predicted octanol–water partition coefficient (Wildman–Crippen LogP) is 4.27. The van der Waals surface area contributed by atoms with Crippen molar-refractivity contribution >= 4 is 11.8 Å². The zero-order chi connectivity index (χ0) is 18.3. The largest absolute Gasteiger partial charge is 0.478 e. The molecule has 0 amide bonds. The van der Waals surface area contributed by atoms with Gasteiger partial charge in [-0.25, -0.2) is 4.79 Å². The van der Waals surface area contributed by atoms with Gasteiger partial charge in [0.2, 0.25) is 5.78 Å². The smallest absolute Gasteiger partial charge is 0.335 e. The third-order valence-corrected chi connectivity index (χ3v) is 3.92. The van der Waals surface area contributed by atoms with Crippen LogP contribution in [0.1, 0.15) is 67.3 Å². The summed E-state index contributed by atoms with van der Waals surface area (Å²) in [6.45, 7) is 0.851. The number of carbonyl (C=O) groups excluding carboxylic acids is 1. The highest BCUT2D eigenvalue weighted by molar-refractivity contribution is 5.97. The van der Waals surface area contributed by atoms with Crippen molar-refractivity contribution in [3.63, 3.8) is 0 Å². The summed E-state index contributed by atoms with van der Waals surface area (Å²) in [4.78, 5) is 22.7. The fourth-order valence-electron chi connectivity index (χ4n) is 2.55. The second-order valence-corrected chi connectivity index (χ2v) is 6.12. The van der Waals surface area contributed by atoms with Crippen molar-refractivity contribution in [3.05, 3.63) is 35.4 Å². The van der Waals surface area contributed by atoms with Crippen LogP contribution in [0, 0.1) is 11.8 Å². The fourth-order valence-corrected chi connectivity index (χ4v) is 2.55. The molecule has 1 aromatic rings. The number of rotatable bonds is 12. The first-order chi connectivity index (χ1) is 12.1. The van der Waals surface area contributed by atoms with Gasteiger partial charge in [-0.05, 0) is 36.5 Å². The molecule has 1 aromatic carbocycles. The van der Waals surface area contributed by atoms with Crippen molar-refractivity contribution in [1.82, 2.24) is 0 Å². The molecule has 0 spiro atoms. The fraction of sp³-hybridized carbons (Fsp3) is 0.524. The Morgan fingerprint density at radius 1 is 1.04 bits per heavy atom. The molecule has 1 N–H and O–H groups in total. The van der Waals surface area contributed by atoms with Crippen molar-refractivity contribution in [1.29, 1.82) is 0 Å². The number of ketones is 1. The number of aromatic carboxylic acids is 1. The molecular formula is C21H28O4. The van der Waals surface area contributed by atoms with E-state index in [2.05, 4.69) is 11.8 Å². The Balaban J connectivity index is 2.14. The lowest BCUT2D eigenvalue weighted by atomic mass is 10.1. The van der Waals surface area contributed by atoms with E-state index in [0.29, 0.717) is 5.56 Å². The Morgan fingerprint density at radius 2 is 1.72 bits per heavy atom. The number of Topliss-reactive ketones (excluding diaryl/α,β-unsaturated/α-hetero) is 1. The molecule has 0 saturated carbocycles. The minimum Gasteiger partial charge on any atom is -0.478 e. The van der Waals surface area contributed by atoms with Gasteiger partial charge in [0.25, 0.3) is 0 Å². The van der Waals surface area contributed by atoms with E-state index in [4.69, 9.17) is 9.84 Å². The van der Waals surface area contributed by atoms with Crippen molar-refractivity contribution < 1.29 is 19.4 Å². The highest BCUT2D eigenvalue weighted by Crippen LogP contribution is 2.09. The van der Waals surface area contributed by atoms with E-state index < -0.39 is 5.97 Å². The van der Waals surface area contributed by atoms with E-state index in [1.165, 1.54) is 37.8 Å². The molecule has 25 heavy (non-hydrogen) atoms. The van der Waals surface area contributed by atoms with Gasteiger partial charge in [0.15, 0.2) is 0 Å². The number of carbonyl (C=O) groups is 2. The number of carboxylic acid groups (broad SMARTS) is 1. The summed E-state index contributed by atoms with van der Waals surface area (Å²) in [6.07, 6.45) is 9.15. The maximum atomic E-state index is 11.8. The van der Waals surface area contributed by atoms with Gasteiger partial charge in [0, 0.05) is 26.6 Å². The number of unbranched alkanes of at least 4 members (excludes halogenated alkanes) is 7. The first kappa shape index (κ1) is 20.9. The molecule has 0 saturated heterocycles.